The van der Waals surface area contributed by atoms with Gasteiger partial charge in [-0.3, -0.25) is 14.2 Å². The van der Waals surface area contributed by atoms with E-state index in [0.717, 1.165) is 57.7 Å². The van der Waals surface area contributed by atoms with Crippen LogP contribution in [0.1, 0.15) is 113 Å². The number of carbonyl (C=O) groups is 4. The van der Waals surface area contributed by atoms with Gasteiger partial charge in [0.1, 0.15) is 35.3 Å². The van der Waals surface area contributed by atoms with Crippen molar-refractivity contribution in [2.24, 2.45) is 17.8 Å². The number of halogens is 1. The van der Waals surface area contributed by atoms with Gasteiger partial charge in [-0.25, -0.2) is 28.9 Å². The summed E-state index contributed by atoms with van der Waals surface area (Å²) in [6.45, 7) is 10.8. The van der Waals surface area contributed by atoms with E-state index in [4.69, 9.17) is 28.9 Å². The average molecular weight is 1020 g/mol. The Bertz CT molecular complexity index is 3120. The van der Waals surface area contributed by atoms with Crippen molar-refractivity contribution in [1.82, 2.24) is 49.9 Å². The SMILES string of the molecule is CCc1ncc(C2Oc3cc(-c4cnc([C@@H]5CCCN5C(=O)[C@@H](NC(=O)OC)C(C)C)[nH]4)cc(F)c3-c3cc4cc(-c5cnc([C@@H]6C[C@H]7C[C@H]7N6C(=O)C(NC(=O)OC)C6CCOC(C)(C)C6)[nH]5)ccc4n32)s1. The number of H-pyrrole nitrogens is 2. The van der Waals surface area contributed by atoms with Crippen LogP contribution in [0.25, 0.3) is 44.7 Å². The molecule has 1 aliphatic carbocycles. The van der Waals surface area contributed by atoms with Crippen LogP contribution < -0.4 is 15.4 Å². The van der Waals surface area contributed by atoms with Gasteiger partial charge < -0.3 is 49.3 Å². The summed E-state index contributed by atoms with van der Waals surface area (Å²) in [4.78, 5) is 79.0. The minimum Gasteiger partial charge on any atom is -0.464 e. The molecule has 0 bridgehead atoms. The lowest BCUT2D eigenvalue weighted by atomic mass is 9.82. The molecule has 20 heteroatoms. The number of benzene rings is 2. The molecule has 18 nitrogen and oxygen atoms in total. The molecule has 0 radical (unpaired) electrons. The number of alkyl carbamates (subject to hydrolysis) is 2. The van der Waals surface area contributed by atoms with Crippen LogP contribution in [0.3, 0.4) is 0 Å². The number of fused-ring (bicyclic) bond motifs is 6. The Hall–Kier alpha value is -6.80. The molecule has 73 heavy (non-hydrogen) atoms. The molecule has 4 fully saturated rings. The number of rotatable bonds is 12. The Morgan fingerprint density at radius 2 is 1.64 bits per heavy atom. The van der Waals surface area contributed by atoms with Gasteiger partial charge >= 0.3 is 12.2 Å². The molecule has 4 N–H and O–H groups in total. The Morgan fingerprint density at radius 3 is 2.36 bits per heavy atom. The third-order valence-electron chi connectivity index (χ3n) is 15.4. The van der Waals surface area contributed by atoms with Gasteiger partial charge in [-0.15, -0.1) is 11.3 Å². The molecule has 0 spiro atoms. The number of aromatic nitrogens is 6. The average Bonchev–Trinajstić information content (AvgIpc) is 4.14. The Morgan fingerprint density at radius 1 is 0.904 bits per heavy atom. The molecule has 4 aliphatic heterocycles. The highest BCUT2D eigenvalue weighted by Gasteiger charge is 2.57. The molecule has 2 aromatic carbocycles. The summed E-state index contributed by atoms with van der Waals surface area (Å²) in [6, 6.07) is 9.25. The third-order valence-corrected chi connectivity index (χ3v) is 16.6. The Balaban J connectivity index is 0.893. The second-order valence-electron chi connectivity index (χ2n) is 20.9. The standard InChI is InChI=1S/C53H61FN10O8S/c1-8-42-55-25-41(73-42)50-64-35-12-11-27(33-23-57-47(58-33)39-20-31-18-37(31)63(39)49(66)45(61-52(68)70-7)28-13-15-71-53(4,5)22-28)16-30(35)19-38(64)43-32(54)17-29(21-40(43)72-50)34-24-56-46(59-34)36-10-9-14-62(36)48(65)44(26(2)3)60-51(67)69-6/h11-12,16-17,19,21,23-26,28,31,36-37,39,44-45,50H,8-10,13-15,18,20,22H2,1-7H3,(H,56,59)(H,57,58)(H,60,67)(H,61,68)/t28?,31-,36+,37-,39+,44+,45?,50?/m1/s1. The first-order chi connectivity index (χ1) is 35.1. The highest BCUT2D eigenvalue weighted by Crippen LogP contribution is 2.54. The van der Waals surface area contributed by atoms with Gasteiger partial charge in [0.05, 0.1) is 82.3 Å². The molecule has 3 saturated heterocycles. The molecule has 5 aliphatic rings. The number of thiazole rings is 1. The number of nitrogens with zero attached hydrogens (tertiary/aromatic N) is 6. The zero-order valence-corrected chi connectivity index (χ0v) is 42.8. The number of hydrogen-bond donors (Lipinski definition) is 4. The van der Waals surface area contributed by atoms with Crippen LogP contribution in [-0.4, -0.2) is 114 Å². The molecule has 384 valence electrons. The monoisotopic (exact) mass is 1020 g/mol. The molecule has 6 aromatic rings. The summed E-state index contributed by atoms with van der Waals surface area (Å²) >= 11 is 1.55. The second kappa shape index (κ2) is 18.9. The maximum Gasteiger partial charge on any atom is 0.407 e. The number of aryl methyl sites for hydroxylation is 1. The number of amides is 4. The van der Waals surface area contributed by atoms with Crippen molar-refractivity contribution in [1.29, 1.82) is 0 Å². The molecular weight excluding hydrogens is 956 g/mol. The number of hydrogen-bond acceptors (Lipinski definition) is 12. The van der Waals surface area contributed by atoms with Crippen molar-refractivity contribution < 1.29 is 42.5 Å². The smallest absolute Gasteiger partial charge is 0.407 e. The highest BCUT2D eigenvalue weighted by molar-refractivity contribution is 7.11. The molecule has 4 aromatic heterocycles. The Labute approximate surface area is 425 Å². The maximum atomic E-state index is 17.0. The minimum absolute atomic E-state index is 0.0743. The van der Waals surface area contributed by atoms with Crippen LogP contribution in [0.5, 0.6) is 5.75 Å². The van der Waals surface area contributed by atoms with Gasteiger partial charge in [-0.1, -0.05) is 26.8 Å². The Kier molecular flexibility index (Phi) is 12.6. The van der Waals surface area contributed by atoms with Crippen molar-refractivity contribution in [3.63, 3.8) is 0 Å². The van der Waals surface area contributed by atoms with Crippen LogP contribution in [0.4, 0.5) is 14.0 Å². The number of ether oxygens (including phenoxy) is 4. The summed E-state index contributed by atoms with van der Waals surface area (Å²) in [5.41, 5.74) is 4.10. The normalized spacial score (nSPS) is 23.6. The van der Waals surface area contributed by atoms with E-state index in [0.29, 0.717) is 78.2 Å². The van der Waals surface area contributed by atoms with E-state index in [1.54, 1.807) is 28.6 Å². The van der Waals surface area contributed by atoms with E-state index in [-0.39, 0.29) is 41.8 Å². The number of aromatic amines is 2. The molecule has 3 unspecified atom stereocenters. The number of piperidine rings is 1. The summed E-state index contributed by atoms with van der Waals surface area (Å²) in [5, 5.41) is 7.39. The number of nitrogens with one attached hydrogen (secondary N) is 4. The number of likely N-dealkylation sites (tertiary alicyclic amines) is 2. The number of methoxy groups -OCH3 is 2. The predicted molar refractivity (Wildman–Crippen MR) is 269 cm³/mol. The lowest BCUT2D eigenvalue weighted by Crippen LogP contribution is -2.55. The van der Waals surface area contributed by atoms with Crippen molar-refractivity contribution in [2.75, 3.05) is 27.4 Å². The summed E-state index contributed by atoms with van der Waals surface area (Å²) in [6.07, 6.45) is 8.43. The summed E-state index contributed by atoms with van der Waals surface area (Å²) in [7, 11) is 2.57. The van der Waals surface area contributed by atoms with Crippen LogP contribution >= 0.6 is 11.3 Å². The van der Waals surface area contributed by atoms with Crippen molar-refractivity contribution in [3.8, 4) is 39.5 Å². The van der Waals surface area contributed by atoms with E-state index >= 15 is 4.39 Å². The van der Waals surface area contributed by atoms with Crippen LogP contribution in [0, 0.1) is 23.6 Å². The first-order valence-electron chi connectivity index (χ1n) is 25.3. The molecule has 8 atom stereocenters. The van der Waals surface area contributed by atoms with E-state index in [2.05, 4.69) is 38.6 Å². The van der Waals surface area contributed by atoms with Gasteiger partial charge in [0.2, 0.25) is 18.0 Å². The molecule has 11 rings (SSSR count). The molecular formula is C53H61FN10O8S. The zero-order chi connectivity index (χ0) is 51.0. The molecule has 4 amide bonds. The first kappa shape index (κ1) is 48.5. The second-order valence-corrected chi connectivity index (χ2v) is 22.1. The molecule has 1 saturated carbocycles. The van der Waals surface area contributed by atoms with Gasteiger partial charge in [0.25, 0.3) is 0 Å². The molecule has 8 heterocycles. The van der Waals surface area contributed by atoms with E-state index < -0.39 is 41.9 Å². The number of carbonyl (C=O) groups excluding carboxylic acids is 4. The predicted octanol–water partition coefficient (Wildman–Crippen LogP) is 8.82. The fourth-order valence-corrected chi connectivity index (χ4v) is 12.6. The van der Waals surface area contributed by atoms with E-state index in [9.17, 15) is 19.2 Å². The largest absolute Gasteiger partial charge is 0.464 e. The number of imidazole rings is 2. The topological polar surface area (TPSA) is 211 Å². The van der Waals surface area contributed by atoms with Crippen molar-refractivity contribution >= 4 is 46.2 Å². The first-order valence-corrected chi connectivity index (χ1v) is 26.1. The van der Waals surface area contributed by atoms with Gasteiger partial charge in [-0.05, 0) is 107 Å². The quantitative estimate of drug-likeness (QED) is 0.0910. The fourth-order valence-electron chi connectivity index (χ4n) is 11.7. The van der Waals surface area contributed by atoms with Gasteiger partial charge in [0.15, 0.2) is 0 Å². The van der Waals surface area contributed by atoms with Crippen LogP contribution in [-0.2, 0) is 30.2 Å². The summed E-state index contributed by atoms with van der Waals surface area (Å²) in [5.74, 6) is 0.833. The third kappa shape index (κ3) is 8.89. The van der Waals surface area contributed by atoms with Gasteiger partial charge in [0, 0.05) is 41.9 Å². The van der Waals surface area contributed by atoms with Crippen molar-refractivity contribution in [3.05, 3.63) is 82.3 Å². The lowest BCUT2D eigenvalue weighted by molar-refractivity contribution is -0.140. The van der Waals surface area contributed by atoms with E-state index in [1.165, 1.54) is 20.3 Å². The zero-order valence-electron chi connectivity index (χ0n) is 42.0. The van der Waals surface area contributed by atoms with Gasteiger partial charge in [-0.2, -0.15) is 0 Å². The fraction of sp³-hybridized carbons (Fsp3) is 0.491. The summed E-state index contributed by atoms with van der Waals surface area (Å²) < 4.78 is 41.6. The van der Waals surface area contributed by atoms with Crippen molar-refractivity contribution in [2.45, 2.75) is 122 Å². The maximum absolute atomic E-state index is 17.0. The van der Waals surface area contributed by atoms with E-state index in [1.807, 2.05) is 67.6 Å². The van der Waals surface area contributed by atoms with Crippen LogP contribution in [0.2, 0.25) is 0 Å². The highest BCUT2D eigenvalue weighted by atomic mass is 32.1. The minimum atomic E-state index is -0.777. The van der Waals surface area contributed by atoms with Crippen LogP contribution in [0.15, 0.2) is 55.0 Å². The lowest BCUT2D eigenvalue weighted by Gasteiger charge is -2.40.